The van der Waals surface area contributed by atoms with E-state index in [1.165, 1.54) is 12.8 Å². The van der Waals surface area contributed by atoms with Crippen LogP contribution in [-0.4, -0.2) is 54.9 Å². The van der Waals surface area contributed by atoms with Crippen LogP contribution in [0.1, 0.15) is 51.0 Å². The number of nitrogens with one attached hydrogen (secondary N) is 3. The Morgan fingerprint density at radius 2 is 1.84 bits per heavy atom. The summed E-state index contributed by atoms with van der Waals surface area (Å²) in [5, 5.41) is 9.61. The molecule has 1 aliphatic heterocycles. The minimum Gasteiger partial charge on any atom is -0.357 e. The number of amides is 2. The van der Waals surface area contributed by atoms with E-state index in [1.807, 2.05) is 42.2 Å². The Hall–Kier alpha value is -1.84. The van der Waals surface area contributed by atoms with Crippen LogP contribution in [0.5, 0.6) is 0 Å². The van der Waals surface area contributed by atoms with Crippen molar-refractivity contribution in [2.45, 2.75) is 58.0 Å². The van der Waals surface area contributed by atoms with Gasteiger partial charge in [0.1, 0.15) is 0 Å². The van der Waals surface area contributed by atoms with E-state index in [0.29, 0.717) is 31.4 Å². The number of nitrogens with zero attached hydrogens (tertiary/aromatic N) is 2. The molecule has 0 bridgehead atoms. The van der Waals surface area contributed by atoms with Crippen molar-refractivity contribution in [1.29, 1.82) is 0 Å². The summed E-state index contributed by atoms with van der Waals surface area (Å²) in [5.74, 6) is 1.27. The molecule has 3 N–H and O–H groups in total. The van der Waals surface area contributed by atoms with Gasteiger partial charge in [0.25, 0.3) is 0 Å². The lowest BCUT2D eigenvalue weighted by Crippen LogP contribution is -2.45. The Labute approximate surface area is 202 Å². The second-order valence-corrected chi connectivity index (χ2v) is 8.17. The number of halogens is 1. The predicted molar refractivity (Wildman–Crippen MR) is 134 cm³/mol. The number of carbonyl (C=O) groups is 2. The van der Waals surface area contributed by atoms with Crippen LogP contribution in [0.3, 0.4) is 0 Å². The Bertz CT molecular complexity index is 722. The fourth-order valence-electron chi connectivity index (χ4n) is 4.18. The number of carbonyl (C=O) groups excluding carboxylic acids is 2. The molecule has 2 fully saturated rings. The molecule has 7 nitrogen and oxygen atoms in total. The average molecular weight is 541 g/mol. The number of hydrogen-bond acceptors (Lipinski definition) is 3. The monoisotopic (exact) mass is 541 g/mol. The fourth-order valence-corrected chi connectivity index (χ4v) is 4.18. The van der Waals surface area contributed by atoms with E-state index >= 15 is 0 Å². The van der Waals surface area contributed by atoms with Gasteiger partial charge in [0.05, 0.1) is 6.54 Å². The van der Waals surface area contributed by atoms with Gasteiger partial charge in [-0.05, 0) is 31.7 Å². The summed E-state index contributed by atoms with van der Waals surface area (Å²) in [6, 6.07) is 10.1. The van der Waals surface area contributed by atoms with Crippen LogP contribution in [0, 0.1) is 5.92 Å². The van der Waals surface area contributed by atoms with E-state index in [0.717, 1.165) is 44.5 Å². The molecule has 1 aliphatic carbocycles. The van der Waals surface area contributed by atoms with E-state index in [9.17, 15) is 9.59 Å². The maximum absolute atomic E-state index is 12.6. The summed E-state index contributed by atoms with van der Waals surface area (Å²) in [7, 11) is 0. The molecule has 2 aliphatic rings. The van der Waals surface area contributed by atoms with E-state index in [4.69, 9.17) is 0 Å². The third-order valence-electron chi connectivity index (χ3n) is 5.83. The summed E-state index contributed by atoms with van der Waals surface area (Å²) >= 11 is 0. The van der Waals surface area contributed by atoms with Crippen LogP contribution in [0.4, 0.5) is 0 Å². The molecule has 0 spiro atoms. The minimum atomic E-state index is -0.00680. The molecule has 1 saturated carbocycles. The van der Waals surface area contributed by atoms with Crippen molar-refractivity contribution >= 4 is 41.8 Å². The predicted octanol–water partition coefficient (Wildman–Crippen LogP) is 2.66. The van der Waals surface area contributed by atoms with E-state index in [1.54, 1.807) is 0 Å². The third-order valence-corrected chi connectivity index (χ3v) is 5.83. The lowest BCUT2D eigenvalue weighted by molar-refractivity contribution is -0.134. The molecule has 1 aromatic carbocycles. The minimum absolute atomic E-state index is 0. The molecule has 172 valence electrons. The van der Waals surface area contributed by atoms with Crippen molar-refractivity contribution in [2.75, 3.05) is 26.2 Å². The summed E-state index contributed by atoms with van der Waals surface area (Å²) in [4.78, 5) is 31.3. The summed E-state index contributed by atoms with van der Waals surface area (Å²) in [6.45, 7) is 5.28. The Kier molecular flexibility index (Phi) is 11.1. The van der Waals surface area contributed by atoms with Crippen molar-refractivity contribution in [1.82, 2.24) is 20.9 Å². The van der Waals surface area contributed by atoms with Gasteiger partial charge in [-0.3, -0.25) is 14.6 Å². The molecule has 8 heteroatoms. The number of guanidine groups is 1. The number of aliphatic imine (C=N–C) groups is 1. The van der Waals surface area contributed by atoms with Gasteiger partial charge in [-0.25, -0.2) is 0 Å². The number of likely N-dealkylation sites (tertiary alicyclic amines) is 1. The molecule has 0 aromatic heterocycles. The molecular weight excluding hydrogens is 505 g/mol. The molecule has 1 aromatic rings. The van der Waals surface area contributed by atoms with Crippen LogP contribution in [0.2, 0.25) is 0 Å². The van der Waals surface area contributed by atoms with Gasteiger partial charge in [-0.2, -0.15) is 0 Å². The molecule has 31 heavy (non-hydrogen) atoms. The highest BCUT2D eigenvalue weighted by atomic mass is 127. The average Bonchev–Trinajstić information content (AvgIpc) is 3.45. The number of hydrogen-bond donors (Lipinski definition) is 3. The van der Waals surface area contributed by atoms with Gasteiger partial charge < -0.3 is 20.9 Å². The zero-order valence-corrected chi connectivity index (χ0v) is 20.8. The van der Waals surface area contributed by atoms with Gasteiger partial charge in [0.15, 0.2) is 5.96 Å². The van der Waals surface area contributed by atoms with Gasteiger partial charge in [0.2, 0.25) is 11.8 Å². The Morgan fingerprint density at radius 3 is 2.55 bits per heavy atom. The molecule has 1 heterocycles. The first-order chi connectivity index (χ1) is 14.7. The maximum Gasteiger partial charge on any atom is 0.225 e. The van der Waals surface area contributed by atoms with Crippen molar-refractivity contribution in [3.8, 4) is 0 Å². The number of benzene rings is 1. The zero-order chi connectivity index (χ0) is 21.2. The van der Waals surface area contributed by atoms with Crippen molar-refractivity contribution < 1.29 is 9.59 Å². The SMILES string of the molecule is CCNC(=NCCC(=O)NCc1ccccc1)NC1CCN(C(=O)C2CCCC2)C1.I. The lowest BCUT2D eigenvalue weighted by Gasteiger charge is -2.21. The first-order valence-corrected chi connectivity index (χ1v) is 11.3. The summed E-state index contributed by atoms with van der Waals surface area (Å²) < 4.78 is 0. The van der Waals surface area contributed by atoms with Crippen LogP contribution in [0.15, 0.2) is 35.3 Å². The highest BCUT2D eigenvalue weighted by molar-refractivity contribution is 14.0. The third kappa shape index (κ3) is 8.31. The van der Waals surface area contributed by atoms with Gasteiger partial charge in [-0.1, -0.05) is 43.2 Å². The van der Waals surface area contributed by atoms with Crippen LogP contribution < -0.4 is 16.0 Å². The highest BCUT2D eigenvalue weighted by Crippen LogP contribution is 2.27. The van der Waals surface area contributed by atoms with Gasteiger partial charge >= 0.3 is 0 Å². The molecule has 1 saturated heterocycles. The van der Waals surface area contributed by atoms with Crippen LogP contribution in [-0.2, 0) is 16.1 Å². The second-order valence-electron chi connectivity index (χ2n) is 8.17. The van der Waals surface area contributed by atoms with E-state index in [2.05, 4.69) is 20.9 Å². The normalized spacial score (nSPS) is 19.1. The van der Waals surface area contributed by atoms with Crippen LogP contribution in [0.25, 0.3) is 0 Å². The molecule has 1 unspecified atom stereocenters. The molecule has 1 atom stereocenters. The molecular formula is C23H36IN5O2. The van der Waals surface area contributed by atoms with E-state index < -0.39 is 0 Å². The van der Waals surface area contributed by atoms with Crippen molar-refractivity contribution in [3.05, 3.63) is 35.9 Å². The zero-order valence-electron chi connectivity index (χ0n) is 18.4. The van der Waals surface area contributed by atoms with Gasteiger partial charge in [-0.15, -0.1) is 24.0 Å². The summed E-state index contributed by atoms with van der Waals surface area (Å²) in [5.41, 5.74) is 1.09. The van der Waals surface area contributed by atoms with Crippen LogP contribution >= 0.6 is 24.0 Å². The first-order valence-electron chi connectivity index (χ1n) is 11.3. The van der Waals surface area contributed by atoms with Gasteiger partial charge in [0, 0.05) is 44.6 Å². The molecule has 3 rings (SSSR count). The quantitative estimate of drug-likeness (QED) is 0.269. The largest absolute Gasteiger partial charge is 0.357 e. The van der Waals surface area contributed by atoms with Crippen molar-refractivity contribution in [3.63, 3.8) is 0 Å². The van der Waals surface area contributed by atoms with E-state index in [-0.39, 0.29) is 41.8 Å². The Balaban J connectivity index is 0.00000341. The first kappa shape index (κ1) is 25.4. The topological polar surface area (TPSA) is 85.8 Å². The highest BCUT2D eigenvalue weighted by Gasteiger charge is 2.32. The fraction of sp³-hybridized carbons (Fsp3) is 0.609. The Morgan fingerprint density at radius 1 is 1.10 bits per heavy atom. The second kappa shape index (κ2) is 13.5. The van der Waals surface area contributed by atoms with Crippen molar-refractivity contribution in [2.24, 2.45) is 10.9 Å². The molecule has 0 radical (unpaired) electrons. The maximum atomic E-state index is 12.6. The summed E-state index contributed by atoms with van der Waals surface area (Å²) in [6.07, 6.45) is 5.73. The number of rotatable bonds is 8. The smallest absolute Gasteiger partial charge is 0.225 e. The standard InChI is InChI=1S/C23H35N5O2.HI/c1-2-24-23(25-14-12-21(29)26-16-18-8-4-3-5-9-18)27-20-13-15-28(17-20)22(30)19-10-6-7-11-19;/h3-5,8-9,19-20H,2,6-7,10-17H2,1H3,(H,26,29)(H2,24,25,27);1H. The lowest BCUT2D eigenvalue weighted by atomic mass is 10.1. The molecule has 2 amide bonds.